The van der Waals surface area contributed by atoms with E-state index in [1.54, 1.807) is 12.1 Å². The van der Waals surface area contributed by atoms with Crippen LogP contribution in [0.5, 0.6) is 0 Å². The Balaban J connectivity index is 2.16. The molecule has 2 atom stereocenters. The van der Waals surface area contributed by atoms with Crippen LogP contribution in [0.1, 0.15) is 61.8 Å². The fourth-order valence-corrected chi connectivity index (χ4v) is 4.03. The SMILES string of the molecule is CCCC(O)(CCN)c1ccc2nc(C(F)(F)F)c(C3CCC(=O)NC3=O)cc2c1. The summed E-state index contributed by atoms with van der Waals surface area (Å²) in [5.74, 6) is -2.40. The van der Waals surface area contributed by atoms with Gasteiger partial charge in [0.2, 0.25) is 11.8 Å². The van der Waals surface area contributed by atoms with Gasteiger partial charge >= 0.3 is 6.18 Å². The maximum absolute atomic E-state index is 13.7. The second kappa shape index (κ2) is 8.31. The van der Waals surface area contributed by atoms with Crippen molar-refractivity contribution in [1.29, 1.82) is 0 Å². The standard InChI is InChI=1S/C21H24F3N3O3/c1-2-7-20(30,8-9-25)13-3-5-16-12(10-13)11-15(18(26-16)21(22,23)24)14-4-6-17(28)27-19(14)29/h3,5,10-11,14,30H,2,4,6-9,25H2,1H3,(H,27,28,29). The number of nitrogens with zero attached hydrogens (tertiary/aromatic N) is 1. The minimum absolute atomic E-state index is 0.0203. The molecule has 30 heavy (non-hydrogen) atoms. The summed E-state index contributed by atoms with van der Waals surface area (Å²) < 4.78 is 41.1. The number of aliphatic hydroxyl groups is 1. The zero-order valence-electron chi connectivity index (χ0n) is 16.6. The number of nitrogens with two attached hydrogens (primary N) is 1. The van der Waals surface area contributed by atoms with E-state index < -0.39 is 35.2 Å². The first-order valence-corrected chi connectivity index (χ1v) is 9.87. The van der Waals surface area contributed by atoms with Gasteiger partial charge in [-0.3, -0.25) is 14.9 Å². The highest BCUT2D eigenvalue weighted by atomic mass is 19.4. The summed E-state index contributed by atoms with van der Waals surface area (Å²) in [5, 5.41) is 13.5. The lowest BCUT2D eigenvalue weighted by Gasteiger charge is -2.28. The van der Waals surface area contributed by atoms with Crippen molar-refractivity contribution in [3.05, 3.63) is 41.1 Å². The van der Waals surface area contributed by atoms with Gasteiger partial charge in [-0.05, 0) is 55.1 Å². The molecule has 1 saturated heterocycles. The molecule has 4 N–H and O–H groups in total. The Morgan fingerprint density at radius 3 is 2.57 bits per heavy atom. The molecule has 9 heteroatoms. The van der Waals surface area contributed by atoms with Crippen LogP contribution < -0.4 is 11.1 Å². The van der Waals surface area contributed by atoms with E-state index in [0.29, 0.717) is 30.2 Å². The summed E-state index contributed by atoms with van der Waals surface area (Å²) in [5.41, 5.74) is 3.68. The maximum Gasteiger partial charge on any atom is 0.433 e. The van der Waals surface area contributed by atoms with Crippen molar-refractivity contribution in [3.8, 4) is 0 Å². The quantitative estimate of drug-likeness (QED) is 0.619. The number of benzene rings is 1. The highest BCUT2D eigenvalue weighted by molar-refractivity contribution is 6.01. The van der Waals surface area contributed by atoms with Crippen LogP contribution in [0.4, 0.5) is 13.2 Å². The summed E-state index contributed by atoms with van der Waals surface area (Å²) in [6.45, 7) is 2.17. The van der Waals surface area contributed by atoms with Gasteiger partial charge in [-0.2, -0.15) is 13.2 Å². The number of aromatic nitrogens is 1. The minimum atomic E-state index is -4.76. The van der Waals surface area contributed by atoms with Gasteiger partial charge in [0.05, 0.1) is 17.0 Å². The third kappa shape index (κ3) is 4.32. The number of rotatable bonds is 6. The van der Waals surface area contributed by atoms with E-state index in [4.69, 9.17) is 5.73 Å². The molecule has 2 unspecified atom stereocenters. The number of halogens is 3. The molecule has 0 aliphatic carbocycles. The summed E-state index contributed by atoms with van der Waals surface area (Å²) >= 11 is 0. The second-order valence-corrected chi connectivity index (χ2v) is 7.66. The lowest BCUT2D eigenvalue weighted by atomic mass is 9.84. The van der Waals surface area contributed by atoms with Crippen molar-refractivity contribution in [2.24, 2.45) is 5.73 Å². The third-order valence-electron chi connectivity index (χ3n) is 5.49. The van der Waals surface area contributed by atoms with Gasteiger partial charge in [-0.25, -0.2) is 4.98 Å². The highest BCUT2D eigenvalue weighted by Gasteiger charge is 2.40. The number of piperidine rings is 1. The summed E-state index contributed by atoms with van der Waals surface area (Å²) in [6, 6.07) is 5.89. The molecule has 1 aromatic heterocycles. The van der Waals surface area contributed by atoms with E-state index in [9.17, 15) is 27.9 Å². The van der Waals surface area contributed by atoms with Crippen molar-refractivity contribution < 1.29 is 27.9 Å². The van der Waals surface area contributed by atoms with Gasteiger partial charge in [0.15, 0.2) is 0 Å². The van der Waals surface area contributed by atoms with Gasteiger partial charge in [-0.15, -0.1) is 0 Å². The van der Waals surface area contributed by atoms with E-state index in [1.807, 2.05) is 6.92 Å². The zero-order valence-corrected chi connectivity index (χ0v) is 16.6. The predicted molar refractivity (Wildman–Crippen MR) is 104 cm³/mol. The second-order valence-electron chi connectivity index (χ2n) is 7.66. The molecule has 2 amide bonds. The van der Waals surface area contributed by atoms with Crippen LogP contribution in [0.2, 0.25) is 0 Å². The Kier molecular flexibility index (Phi) is 6.14. The van der Waals surface area contributed by atoms with Gasteiger partial charge in [0.25, 0.3) is 0 Å². The molecule has 1 aromatic carbocycles. The van der Waals surface area contributed by atoms with E-state index in [2.05, 4.69) is 10.3 Å². The first-order valence-electron chi connectivity index (χ1n) is 9.87. The molecular formula is C21H24F3N3O3. The van der Waals surface area contributed by atoms with Crippen molar-refractivity contribution >= 4 is 22.7 Å². The molecule has 2 heterocycles. The number of hydrogen-bond donors (Lipinski definition) is 3. The Morgan fingerprint density at radius 1 is 1.23 bits per heavy atom. The molecule has 3 rings (SSSR count). The molecular weight excluding hydrogens is 399 g/mol. The van der Waals surface area contributed by atoms with Gasteiger partial charge < -0.3 is 10.8 Å². The van der Waals surface area contributed by atoms with E-state index in [1.165, 1.54) is 12.1 Å². The Morgan fingerprint density at radius 2 is 1.97 bits per heavy atom. The molecule has 0 bridgehead atoms. The molecule has 6 nitrogen and oxygen atoms in total. The Bertz CT molecular complexity index is 969. The van der Waals surface area contributed by atoms with Crippen molar-refractivity contribution in [1.82, 2.24) is 10.3 Å². The molecule has 1 aliphatic rings. The van der Waals surface area contributed by atoms with Crippen LogP contribution in [0.3, 0.4) is 0 Å². The number of amides is 2. The van der Waals surface area contributed by atoms with Gasteiger partial charge in [0.1, 0.15) is 5.69 Å². The highest BCUT2D eigenvalue weighted by Crippen LogP contribution is 2.39. The number of fused-ring (bicyclic) bond motifs is 1. The predicted octanol–water partition coefficient (Wildman–Crippen LogP) is 3.11. The van der Waals surface area contributed by atoms with Crippen LogP contribution in [0, 0.1) is 0 Å². The molecule has 2 aromatic rings. The number of imide groups is 1. The number of hydrogen-bond acceptors (Lipinski definition) is 5. The largest absolute Gasteiger partial charge is 0.433 e. The van der Waals surface area contributed by atoms with Crippen LogP contribution in [0.15, 0.2) is 24.3 Å². The summed E-state index contributed by atoms with van der Waals surface area (Å²) in [6.07, 6.45) is -3.37. The van der Waals surface area contributed by atoms with Crippen molar-refractivity contribution in [3.63, 3.8) is 0 Å². The Labute approximate surface area is 171 Å². The van der Waals surface area contributed by atoms with E-state index in [-0.39, 0.29) is 30.5 Å². The van der Waals surface area contributed by atoms with Gasteiger partial charge in [-0.1, -0.05) is 19.4 Å². The summed E-state index contributed by atoms with van der Waals surface area (Å²) in [7, 11) is 0. The van der Waals surface area contributed by atoms with Crippen LogP contribution >= 0.6 is 0 Å². The Hall–Kier alpha value is -2.52. The average molecular weight is 423 g/mol. The lowest BCUT2D eigenvalue weighted by molar-refractivity contribution is -0.142. The lowest BCUT2D eigenvalue weighted by Crippen LogP contribution is -2.40. The number of nitrogens with one attached hydrogen (secondary N) is 1. The topological polar surface area (TPSA) is 105 Å². The first kappa shape index (κ1) is 22.2. The van der Waals surface area contributed by atoms with E-state index >= 15 is 0 Å². The first-order chi connectivity index (χ1) is 14.1. The summed E-state index contributed by atoms with van der Waals surface area (Å²) in [4.78, 5) is 27.4. The normalized spacial score (nSPS) is 19.6. The maximum atomic E-state index is 13.7. The smallest absolute Gasteiger partial charge is 0.385 e. The van der Waals surface area contributed by atoms with Crippen molar-refractivity contribution in [2.45, 2.75) is 56.7 Å². The fraction of sp³-hybridized carbons (Fsp3) is 0.476. The molecule has 1 fully saturated rings. The number of carbonyl (C=O) groups excluding carboxylic acids is 2. The zero-order chi connectivity index (χ0) is 22.1. The number of alkyl halides is 3. The minimum Gasteiger partial charge on any atom is -0.385 e. The monoisotopic (exact) mass is 423 g/mol. The van der Waals surface area contributed by atoms with Gasteiger partial charge in [0, 0.05) is 11.8 Å². The number of pyridine rings is 1. The van der Waals surface area contributed by atoms with Crippen LogP contribution in [-0.2, 0) is 21.4 Å². The van der Waals surface area contributed by atoms with Crippen LogP contribution in [-0.4, -0.2) is 28.4 Å². The molecule has 0 spiro atoms. The number of carbonyl (C=O) groups is 2. The molecule has 162 valence electrons. The fourth-order valence-electron chi connectivity index (χ4n) is 4.03. The van der Waals surface area contributed by atoms with Crippen molar-refractivity contribution in [2.75, 3.05) is 6.54 Å². The average Bonchev–Trinajstić information content (AvgIpc) is 2.66. The molecule has 0 saturated carbocycles. The third-order valence-corrected chi connectivity index (χ3v) is 5.49. The van der Waals surface area contributed by atoms with Crippen LogP contribution in [0.25, 0.3) is 10.9 Å². The van der Waals surface area contributed by atoms with E-state index in [0.717, 1.165) is 0 Å². The molecule has 1 aliphatic heterocycles. The molecule has 0 radical (unpaired) electrons.